The standard InChI is InChI=1S/C46H54O13/c1-24-21-32-43(52)35(24)55-33(48)18-12-11-17-31(54-39(49)27-13-7-5-8-14-27)30-20-19-28(25(30)2)22-41(4,51)45(53)36-26(3)44(32)34(37-42(23-47,56-37)40(43)50)38(45)58-46(57-36,59-44)29-15-9-6-10-16-29/h5-18,24-26,28,30-32,34-38,40,47,50-53H,19-23H2,1-4H3/b17-11+,18-12+/t24-,25-,26+,28+,30-,31+,32+,34-,35-,36-,37-,38+,40+,41+,42-,43+,44-,45-,46?/m0/s1. The van der Waals surface area contributed by atoms with E-state index >= 15 is 0 Å². The fraction of sp³-hybridized carbons (Fsp3) is 0.609. The van der Waals surface area contributed by atoms with Gasteiger partial charge in [0.15, 0.2) is 0 Å². The Kier molecular flexibility index (Phi) is 8.90. The number of carbonyl (C=O) groups excluding carboxylic acids is 2. The van der Waals surface area contributed by atoms with Crippen molar-refractivity contribution in [3.05, 3.63) is 96.1 Å². The van der Waals surface area contributed by atoms with Gasteiger partial charge in [0.1, 0.15) is 53.4 Å². The molecule has 1 spiro atoms. The Balaban J connectivity index is 1.14. The van der Waals surface area contributed by atoms with Gasteiger partial charge in [-0.05, 0) is 68.6 Å². The molecule has 4 aliphatic carbocycles. The predicted molar refractivity (Wildman–Crippen MR) is 207 cm³/mol. The summed E-state index contributed by atoms with van der Waals surface area (Å²) in [6.45, 7) is 6.66. The lowest BCUT2D eigenvalue weighted by atomic mass is 9.49. The van der Waals surface area contributed by atoms with Crippen LogP contribution in [0.2, 0.25) is 0 Å². The fourth-order valence-electron chi connectivity index (χ4n) is 13.3. The number of epoxide rings is 1. The first-order chi connectivity index (χ1) is 28.1. The number of carbonyl (C=O) groups is 2. The average molecular weight is 815 g/mol. The van der Waals surface area contributed by atoms with Gasteiger partial charge in [-0.3, -0.25) is 0 Å². The summed E-state index contributed by atoms with van der Waals surface area (Å²) in [5, 5.41) is 63.4. The monoisotopic (exact) mass is 814 g/mol. The average Bonchev–Trinajstić information content (AvgIpc) is 3.79. The second kappa shape index (κ2) is 13.3. The van der Waals surface area contributed by atoms with Gasteiger partial charge in [0.2, 0.25) is 0 Å². The van der Waals surface area contributed by atoms with Crippen molar-refractivity contribution in [2.24, 2.45) is 41.4 Å². The van der Waals surface area contributed by atoms with E-state index in [9.17, 15) is 35.1 Å². The SMILES string of the molecule is C[C@H]1[C@@H]2CC[C@@H]1[C@H](OC(=O)c1ccccc1)/C=C/C=C/C(=O)O[C@H]1[C@@H](C)C[C@@H]3[C@]1(O)[C@H](O)[C@@]1(CO)O[C@H]1[C@H]1[C@H]4OC5(c6ccccc6)O[C@@H]([C@@H](C)[C@@]13O5)[C@@]4(O)[C@](C)(O)C2. The van der Waals surface area contributed by atoms with Crippen LogP contribution in [0.5, 0.6) is 0 Å². The highest BCUT2D eigenvalue weighted by molar-refractivity contribution is 5.89. The maximum Gasteiger partial charge on any atom is 0.338 e. The molecule has 59 heavy (non-hydrogen) atoms. The summed E-state index contributed by atoms with van der Waals surface area (Å²) >= 11 is 0. The van der Waals surface area contributed by atoms with Crippen LogP contribution in [-0.4, -0.2) is 109 Å². The number of rotatable bonds is 4. The quantitative estimate of drug-likeness (QED) is 0.223. The van der Waals surface area contributed by atoms with Gasteiger partial charge in [0.25, 0.3) is 0 Å². The number of benzene rings is 2. The molecule has 8 fully saturated rings. The van der Waals surface area contributed by atoms with Gasteiger partial charge in [-0.25, -0.2) is 9.59 Å². The summed E-state index contributed by atoms with van der Waals surface area (Å²) in [5.41, 5.74) is -8.50. The summed E-state index contributed by atoms with van der Waals surface area (Å²) in [5.74, 6) is -6.79. The molecule has 1 unspecified atom stereocenters. The van der Waals surface area contributed by atoms with Gasteiger partial charge < -0.3 is 54.0 Å². The summed E-state index contributed by atoms with van der Waals surface area (Å²) in [4.78, 5) is 27.2. The van der Waals surface area contributed by atoms with Crippen LogP contribution in [0.25, 0.3) is 0 Å². The number of hydrogen-bond acceptors (Lipinski definition) is 13. The van der Waals surface area contributed by atoms with Crippen molar-refractivity contribution in [1.29, 1.82) is 0 Å². The van der Waals surface area contributed by atoms with E-state index in [2.05, 4.69) is 6.92 Å². The Hall–Kier alpha value is -3.50. The summed E-state index contributed by atoms with van der Waals surface area (Å²) < 4.78 is 39.7. The zero-order valence-electron chi connectivity index (χ0n) is 33.6. The fourth-order valence-corrected chi connectivity index (χ4v) is 13.3. The lowest BCUT2D eigenvalue weighted by Crippen LogP contribution is -2.89. The number of allylic oxidation sites excluding steroid dienone is 2. The molecule has 12 rings (SSSR count). The number of fused-ring (bicyclic) bond motifs is 6. The maximum atomic E-state index is 13.7. The van der Waals surface area contributed by atoms with Gasteiger partial charge in [0, 0.05) is 35.3 Å². The van der Waals surface area contributed by atoms with E-state index in [1.54, 1.807) is 55.5 Å². The van der Waals surface area contributed by atoms with E-state index in [-0.39, 0.29) is 30.6 Å². The van der Waals surface area contributed by atoms with Crippen LogP contribution in [-0.2, 0) is 39.2 Å². The Morgan fingerprint density at radius 3 is 2.29 bits per heavy atom. The van der Waals surface area contributed by atoms with Crippen molar-refractivity contribution >= 4 is 11.9 Å². The molecule has 316 valence electrons. The van der Waals surface area contributed by atoms with Crippen LogP contribution < -0.4 is 0 Å². The zero-order chi connectivity index (χ0) is 41.5. The highest BCUT2D eigenvalue weighted by Gasteiger charge is 2.91. The second-order valence-corrected chi connectivity index (χ2v) is 19.0. The number of aliphatic hydroxyl groups is 5. The number of hydrogen-bond donors (Lipinski definition) is 5. The van der Waals surface area contributed by atoms with E-state index < -0.39 is 113 Å². The van der Waals surface area contributed by atoms with Crippen molar-refractivity contribution in [1.82, 2.24) is 0 Å². The Labute approximate surface area is 342 Å². The lowest BCUT2D eigenvalue weighted by Gasteiger charge is -2.74. The normalized spacial score (nSPS) is 52.8. The highest BCUT2D eigenvalue weighted by Crippen LogP contribution is 2.75. The van der Waals surface area contributed by atoms with Crippen LogP contribution in [0.3, 0.4) is 0 Å². The second-order valence-electron chi connectivity index (χ2n) is 19.0. The molecule has 2 aromatic carbocycles. The maximum absolute atomic E-state index is 13.7. The molecule has 11 bridgehead atoms. The van der Waals surface area contributed by atoms with E-state index in [1.807, 2.05) is 38.1 Å². The third-order valence-electron chi connectivity index (χ3n) is 16.2. The third kappa shape index (κ3) is 5.17. The van der Waals surface area contributed by atoms with Gasteiger partial charge in [-0.15, -0.1) is 0 Å². The first-order valence-corrected chi connectivity index (χ1v) is 21.2. The van der Waals surface area contributed by atoms with Crippen molar-refractivity contribution in [3.8, 4) is 0 Å². The molecule has 10 aliphatic rings. The number of esters is 2. The van der Waals surface area contributed by atoms with Crippen LogP contribution in [0, 0.1) is 41.4 Å². The number of aliphatic hydroxyl groups excluding tert-OH is 2. The molecule has 2 aromatic rings. The zero-order valence-corrected chi connectivity index (χ0v) is 33.6. The first kappa shape index (κ1) is 39.6. The minimum Gasteiger partial charge on any atom is -0.456 e. The minimum absolute atomic E-state index is 0.102. The van der Waals surface area contributed by atoms with Crippen LogP contribution in [0.1, 0.15) is 69.3 Å². The van der Waals surface area contributed by atoms with Crippen LogP contribution in [0.4, 0.5) is 0 Å². The van der Waals surface area contributed by atoms with Crippen LogP contribution in [0.15, 0.2) is 85.0 Å². The molecule has 4 saturated carbocycles. The Bertz CT molecular complexity index is 2060. The third-order valence-corrected chi connectivity index (χ3v) is 16.2. The predicted octanol–water partition coefficient (Wildman–Crippen LogP) is 3.31. The molecule has 0 aromatic heterocycles. The molecule has 0 amide bonds. The van der Waals surface area contributed by atoms with Gasteiger partial charge in [0.05, 0.1) is 23.4 Å². The molecule has 5 N–H and O–H groups in total. The molecule has 13 nitrogen and oxygen atoms in total. The van der Waals surface area contributed by atoms with Gasteiger partial charge in [-0.2, -0.15) is 0 Å². The lowest BCUT2D eigenvalue weighted by molar-refractivity contribution is -0.595. The van der Waals surface area contributed by atoms with E-state index in [4.69, 9.17) is 28.4 Å². The molecule has 19 atom stereocenters. The minimum atomic E-state index is -2.22. The molecule has 4 saturated heterocycles. The van der Waals surface area contributed by atoms with Crippen molar-refractivity contribution in [3.63, 3.8) is 0 Å². The first-order valence-electron chi connectivity index (χ1n) is 21.2. The van der Waals surface area contributed by atoms with Crippen molar-refractivity contribution in [2.45, 2.75) is 124 Å². The highest BCUT2D eigenvalue weighted by atomic mass is 16.9. The largest absolute Gasteiger partial charge is 0.456 e. The topological polar surface area (TPSA) is 194 Å². The van der Waals surface area contributed by atoms with Gasteiger partial charge in [-0.1, -0.05) is 81.5 Å². The molecular formula is C46H54O13. The number of ether oxygens (including phenoxy) is 6. The van der Waals surface area contributed by atoms with E-state index in [0.29, 0.717) is 24.0 Å². The molecule has 0 radical (unpaired) electrons. The molecule has 6 aliphatic heterocycles. The summed E-state index contributed by atoms with van der Waals surface area (Å²) in [7, 11) is 0. The molecule has 13 heteroatoms. The molecular weight excluding hydrogens is 760 g/mol. The summed E-state index contributed by atoms with van der Waals surface area (Å²) in [6.07, 6.45) is 0.608. The summed E-state index contributed by atoms with van der Waals surface area (Å²) in [6, 6.07) is 17.7. The molecule has 6 heterocycles. The Morgan fingerprint density at radius 2 is 1.58 bits per heavy atom. The smallest absolute Gasteiger partial charge is 0.338 e. The van der Waals surface area contributed by atoms with Crippen molar-refractivity contribution in [2.75, 3.05) is 6.61 Å². The van der Waals surface area contributed by atoms with E-state index in [1.165, 1.54) is 12.2 Å². The van der Waals surface area contributed by atoms with E-state index in [0.717, 1.165) is 0 Å². The Morgan fingerprint density at radius 1 is 0.881 bits per heavy atom. The van der Waals surface area contributed by atoms with Crippen molar-refractivity contribution < 1.29 is 63.5 Å². The van der Waals surface area contributed by atoms with Gasteiger partial charge >= 0.3 is 17.9 Å². The van der Waals surface area contributed by atoms with Crippen LogP contribution >= 0.6 is 0 Å².